The van der Waals surface area contributed by atoms with Gasteiger partial charge in [-0.3, -0.25) is 0 Å². The van der Waals surface area contributed by atoms with Crippen molar-refractivity contribution >= 4 is 17.7 Å². The highest BCUT2D eigenvalue weighted by molar-refractivity contribution is 8.03. The third kappa shape index (κ3) is 7.28. The number of ether oxygens (including phenoxy) is 2. The van der Waals surface area contributed by atoms with E-state index >= 15 is 0 Å². The third-order valence-electron chi connectivity index (χ3n) is 4.14. The zero-order valence-corrected chi connectivity index (χ0v) is 17.6. The monoisotopic (exact) mass is 396 g/mol. The first kappa shape index (κ1) is 21.8. The van der Waals surface area contributed by atoms with E-state index in [4.69, 9.17) is 4.74 Å². The number of methoxy groups -OCH3 is 1. The molecular formula is C24H28O3S. The van der Waals surface area contributed by atoms with Crippen LogP contribution in [0.2, 0.25) is 0 Å². The van der Waals surface area contributed by atoms with E-state index in [1.54, 1.807) is 11.8 Å². The van der Waals surface area contributed by atoms with Crippen LogP contribution in [0.15, 0.2) is 82.8 Å². The van der Waals surface area contributed by atoms with Crippen LogP contribution in [-0.4, -0.2) is 13.1 Å². The number of thioether (sulfide) groups is 1. The fourth-order valence-electron chi connectivity index (χ4n) is 2.57. The molecule has 0 spiro atoms. The summed E-state index contributed by atoms with van der Waals surface area (Å²) < 4.78 is 10.7. The minimum atomic E-state index is -0.436. The number of rotatable bonds is 10. The van der Waals surface area contributed by atoms with Crippen molar-refractivity contribution in [3.05, 3.63) is 89.0 Å². The molecule has 2 aromatic carbocycles. The first-order valence-electron chi connectivity index (χ1n) is 9.53. The Bertz CT molecular complexity index is 779. The molecule has 0 aromatic heterocycles. The molecule has 1 atom stereocenters. The van der Waals surface area contributed by atoms with E-state index in [0.717, 1.165) is 34.6 Å². The van der Waals surface area contributed by atoms with Gasteiger partial charge in [0.05, 0.1) is 19.4 Å². The lowest BCUT2D eigenvalue weighted by molar-refractivity contribution is -0.135. The standard InChI is InChI=1S/C24H28O3S/c1-4-5-7-12-22(28-21-15-13-19(2)14-16-21)24(20-10-8-6-9-11-20)27-18-17-23(25)26-3/h6,8-18,24H,4-5,7H2,1-3H3/b18-17+,22-12+. The Labute approximate surface area is 172 Å². The van der Waals surface area contributed by atoms with Gasteiger partial charge in [0.1, 0.15) is 0 Å². The lowest BCUT2D eigenvalue weighted by Crippen LogP contribution is -2.04. The molecule has 0 aliphatic heterocycles. The van der Waals surface area contributed by atoms with Crippen LogP contribution in [0.25, 0.3) is 0 Å². The van der Waals surface area contributed by atoms with Gasteiger partial charge in [-0.15, -0.1) is 0 Å². The highest BCUT2D eigenvalue weighted by Crippen LogP contribution is 2.39. The minimum Gasteiger partial charge on any atom is -0.488 e. The molecule has 0 aliphatic rings. The summed E-state index contributed by atoms with van der Waals surface area (Å²) in [5.41, 5.74) is 2.28. The highest BCUT2D eigenvalue weighted by Gasteiger charge is 2.18. The molecule has 0 fully saturated rings. The van der Waals surface area contributed by atoms with Gasteiger partial charge in [0, 0.05) is 9.80 Å². The van der Waals surface area contributed by atoms with Crippen molar-refractivity contribution in [2.75, 3.05) is 7.11 Å². The normalized spacial score (nSPS) is 12.8. The Morgan fingerprint density at radius 3 is 2.46 bits per heavy atom. The molecular weight excluding hydrogens is 368 g/mol. The second-order valence-electron chi connectivity index (χ2n) is 6.42. The van der Waals surface area contributed by atoms with Crippen LogP contribution in [0.3, 0.4) is 0 Å². The molecule has 4 heteroatoms. The smallest absolute Gasteiger partial charge is 0.333 e. The van der Waals surface area contributed by atoms with Crippen molar-refractivity contribution in [2.24, 2.45) is 0 Å². The Morgan fingerprint density at radius 2 is 1.82 bits per heavy atom. The number of hydrogen-bond donors (Lipinski definition) is 0. The van der Waals surface area contributed by atoms with Crippen LogP contribution < -0.4 is 0 Å². The lowest BCUT2D eigenvalue weighted by atomic mass is 10.1. The van der Waals surface area contributed by atoms with Gasteiger partial charge in [0.25, 0.3) is 0 Å². The molecule has 148 valence electrons. The largest absolute Gasteiger partial charge is 0.488 e. The molecule has 0 bridgehead atoms. The van der Waals surface area contributed by atoms with Gasteiger partial charge in [-0.25, -0.2) is 4.79 Å². The molecule has 0 radical (unpaired) electrons. The van der Waals surface area contributed by atoms with Crippen molar-refractivity contribution in [1.29, 1.82) is 0 Å². The quantitative estimate of drug-likeness (QED) is 0.149. The average Bonchev–Trinajstić information content (AvgIpc) is 2.73. The molecule has 2 rings (SSSR count). The summed E-state index contributed by atoms with van der Waals surface area (Å²) in [7, 11) is 1.35. The van der Waals surface area contributed by atoms with Crippen LogP contribution in [0.1, 0.15) is 43.4 Å². The zero-order valence-electron chi connectivity index (χ0n) is 16.8. The Kier molecular flexibility index (Phi) is 9.43. The maximum Gasteiger partial charge on any atom is 0.333 e. The summed E-state index contributed by atoms with van der Waals surface area (Å²) in [6, 6.07) is 18.5. The predicted molar refractivity (Wildman–Crippen MR) is 116 cm³/mol. The number of carbonyl (C=O) groups excluding carboxylic acids is 1. The van der Waals surface area contributed by atoms with E-state index in [2.05, 4.69) is 48.9 Å². The van der Waals surface area contributed by atoms with Crippen molar-refractivity contribution in [1.82, 2.24) is 0 Å². The molecule has 0 saturated carbocycles. The number of allylic oxidation sites excluding steroid dienone is 1. The number of esters is 1. The minimum absolute atomic E-state index is 0.287. The number of unbranched alkanes of at least 4 members (excludes halogenated alkanes) is 2. The first-order valence-corrected chi connectivity index (χ1v) is 10.3. The number of hydrogen-bond acceptors (Lipinski definition) is 4. The number of aryl methyl sites for hydroxylation is 1. The Morgan fingerprint density at radius 1 is 1.11 bits per heavy atom. The Hall–Kier alpha value is -2.46. The lowest BCUT2D eigenvalue weighted by Gasteiger charge is -2.21. The average molecular weight is 397 g/mol. The van der Waals surface area contributed by atoms with Gasteiger partial charge in [-0.05, 0) is 31.0 Å². The number of benzene rings is 2. The second-order valence-corrected chi connectivity index (χ2v) is 7.56. The summed E-state index contributed by atoms with van der Waals surface area (Å²) in [6.45, 7) is 4.27. The van der Waals surface area contributed by atoms with Crippen LogP contribution in [0.4, 0.5) is 0 Å². The van der Waals surface area contributed by atoms with Gasteiger partial charge in [-0.2, -0.15) is 0 Å². The van der Waals surface area contributed by atoms with Crippen LogP contribution in [-0.2, 0) is 14.3 Å². The van der Waals surface area contributed by atoms with E-state index in [1.165, 1.54) is 25.0 Å². The first-order chi connectivity index (χ1) is 13.6. The van der Waals surface area contributed by atoms with E-state index in [0.29, 0.717) is 0 Å². The maximum atomic E-state index is 11.4. The zero-order chi connectivity index (χ0) is 20.2. The van der Waals surface area contributed by atoms with Crippen LogP contribution in [0, 0.1) is 6.92 Å². The van der Waals surface area contributed by atoms with Gasteiger partial charge in [0.15, 0.2) is 6.10 Å². The summed E-state index contributed by atoms with van der Waals surface area (Å²) in [5, 5.41) is 0. The third-order valence-corrected chi connectivity index (χ3v) is 5.26. The van der Waals surface area contributed by atoms with Gasteiger partial charge in [-0.1, -0.05) is 85.6 Å². The molecule has 0 amide bonds. The SMILES string of the molecule is CCCC/C=C(/Sc1ccc(C)cc1)C(O/C=C/C(=O)OC)c1ccccc1. The van der Waals surface area contributed by atoms with E-state index in [1.807, 2.05) is 30.3 Å². The Balaban J connectivity index is 2.32. The van der Waals surface area contributed by atoms with Crippen LogP contribution >= 0.6 is 11.8 Å². The van der Waals surface area contributed by atoms with E-state index < -0.39 is 5.97 Å². The fourth-order valence-corrected chi connectivity index (χ4v) is 3.62. The van der Waals surface area contributed by atoms with E-state index in [9.17, 15) is 4.79 Å². The molecule has 0 N–H and O–H groups in total. The summed E-state index contributed by atoms with van der Waals surface area (Å²) >= 11 is 1.70. The molecule has 1 unspecified atom stereocenters. The van der Waals surface area contributed by atoms with Gasteiger partial charge in [0.2, 0.25) is 0 Å². The van der Waals surface area contributed by atoms with E-state index in [-0.39, 0.29) is 6.10 Å². The van der Waals surface area contributed by atoms with Crippen molar-refractivity contribution in [3.63, 3.8) is 0 Å². The van der Waals surface area contributed by atoms with Crippen molar-refractivity contribution in [2.45, 2.75) is 44.1 Å². The molecule has 2 aromatic rings. The van der Waals surface area contributed by atoms with Gasteiger partial charge < -0.3 is 9.47 Å². The number of carbonyl (C=O) groups is 1. The summed E-state index contributed by atoms with van der Waals surface area (Å²) in [6.07, 6.45) is 7.93. The summed E-state index contributed by atoms with van der Waals surface area (Å²) in [5.74, 6) is -0.436. The van der Waals surface area contributed by atoms with Crippen molar-refractivity contribution in [3.8, 4) is 0 Å². The highest BCUT2D eigenvalue weighted by atomic mass is 32.2. The fraction of sp³-hybridized carbons (Fsp3) is 0.292. The molecule has 3 nitrogen and oxygen atoms in total. The topological polar surface area (TPSA) is 35.5 Å². The molecule has 0 saturated heterocycles. The molecule has 0 aliphatic carbocycles. The van der Waals surface area contributed by atoms with Crippen molar-refractivity contribution < 1.29 is 14.3 Å². The summed E-state index contributed by atoms with van der Waals surface area (Å²) in [4.78, 5) is 13.7. The van der Waals surface area contributed by atoms with Gasteiger partial charge >= 0.3 is 5.97 Å². The molecule has 0 heterocycles. The molecule has 28 heavy (non-hydrogen) atoms. The predicted octanol–water partition coefficient (Wildman–Crippen LogP) is 6.61. The maximum absolute atomic E-state index is 11.4. The second kappa shape index (κ2) is 12.1. The van der Waals surface area contributed by atoms with Crippen LogP contribution in [0.5, 0.6) is 0 Å².